The molecule has 0 aliphatic carbocycles. The average Bonchev–Trinajstić information content (AvgIpc) is 2.59. The molecule has 2 aromatic carbocycles. The van der Waals surface area contributed by atoms with Crippen molar-refractivity contribution in [3.63, 3.8) is 0 Å². The molecule has 1 N–H and O–H groups in total. The topological polar surface area (TPSA) is 41.6 Å². The summed E-state index contributed by atoms with van der Waals surface area (Å²) in [7, 11) is 1.69. The van der Waals surface area contributed by atoms with Crippen molar-refractivity contribution in [1.29, 1.82) is 0 Å². The Balaban J connectivity index is 1.63. The third-order valence-corrected chi connectivity index (χ3v) is 5.48. The van der Waals surface area contributed by atoms with Gasteiger partial charge in [-0.05, 0) is 48.7 Å². The lowest BCUT2D eigenvalue weighted by Gasteiger charge is -2.38. The first-order valence-electron chi connectivity index (χ1n) is 8.98. The number of benzene rings is 2. The Kier molecular flexibility index (Phi) is 6.30. The molecule has 6 heteroatoms. The van der Waals surface area contributed by atoms with Crippen LogP contribution in [0.15, 0.2) is 30.3 Å². The molecule has 2 aromatic rings. The SMILES string of the molecule is CNC(=O)C1CN(Cc2cc(C)c(OCc3cc(Cl)ccc3Cl)c(C)c2)C1. The highest BCUT2D eigenvalue weighted by Crippen LogP contribution is 2.29. The van der Waals surface area contributed by atoms with Crippen LogP contribution in [-0.4, -0.2) is 30.9 Å². The molecule has 0 unspecified atom stereocenters. The van der Waals surface area contributed by atoms with E-state index < -0.39 is 0 Å². The number of carbonyl (C=O) groups excluding carboxylic acids is 1. The first-order chi connectivity index (χ1) is 12.9. The van der Waals surface area contributed by atoms with Crippen LogP contribution >= 0.6 is 23.2 Å². The van der Waals surface area contributed by atoms with Gasteiger partial charge >= 0.3 is 0 Å². The highest BCUT2D eigenvalue weighted by molar-refractivity contribution is 6.33. The molecule has 0 atom stereocenters. The molecule has 27 heavy (non-hydrogen) atoms. The first kappa shape index (κ1) is 20.0. The smallest absolute Gasteiger partial charge is 0.225 e. The Morgan fingerprint density at radius 3 is 2.48 bits per heavy atom. The zero-order valence-corrected chi connectivity index (χ0v) is 17.3. The van der Waals surface area contributed by atoms with E-state index in [-0.39, 0.29) is 11.8 Å². The van der Waals surface area contributed by atoms with Crippen molar-refractivity contribution < 1.29 is 9.53 Å². The van der Waals surface area contributed by atoms with Gasteiger partial charge in [0.1, 0.15) is 12.4 Å². The van der Waals surface area contributed by atoms with Gasteiger partial charge in [0.2, 0.25) is 5.91 Å². The number of hydrogen-bond acceptors (Lipinski definition) is 3. The highest BCUT2D eigenvalue weighted by atomic mass is 35.5. The average molecular weight is 407 g/mol. The molecule has 144 valence electrons. The fourth-order valence-electron chi connectivity index (χ4n) is 3.49. The first-order valence-corrected chi connectivity index (χ1v) is 9.73. The van der Waals surface area contributed by atoms with Gasteiger partial charge in [-0.15, -0.1) is 0 Å². The van der Waals surface area contributed by atoms with Crippen LogP contribution in [0, 0.1) is 19.8 Å². The summed E-state index contributed by atoms with van der Waals surface area (Å²) < 4.78 is 6.04. The van der Waals surface area contributed by atoms with Gasteiger partial charge in [0.05, 0.1) is 5.92 Å². The second-order valence-electron chi connectivity index (χ2n) is 7.09. The minimum Gasteiger partial charge on any atom is -0.488 e. The van der Waals surface area contributed by atoms with Gasteiger partial charge in [-0.3, -0.25) is 9.69 Å². The number of halogens is 2. The molecular formula is C21H24Cl2N2O2. The van der Waals surface area contributed by atoms with Crippen molar-refractivity contribution in [3.05, 3.63) is 62.6 Å². The van der Waals surface area contributed by atoms with Crippen LogP contribution in [0.1, 0.15) is 22.3 Å². The molecule has 0 aromatic heterocycles. The summed E-state index contributed by atoms with van der Waals surface area (Å²) in [5.41, 5.74) is 4.28. The molecule has 0 radical (unpaired) electrons. The molecule has 1 heterocycles. The lowest BCUT2D eigenvalue weighted by atomic mass is 9.97. The molecular weight excluding hydrogens is 383 g/mol. The fourth-order valence-corrected chi connectivity index (χ4v) is 3.86. The summed E-state index contributed by atoms with van der Waals surface area (Å²) in [6.45, 7) is 6.94. The Morgan fingerprint density at radius 2 is 1.85 bits per heavy atom. The number of likely N-dealkylation sites (tertiary alicyclic amines) is 1. The van der Waals surface area contributed by atoms with E-state index in [1.165, 1.54) is 5.56 Å². The lowest BCUT2D eigenvalue weighted by Crippen LogP contribution is -2.52. The normalized spacial score (nSPS) is 14.7. The van der Waals surface area contributed by atoms with Gasteiger partial charge in [-0.2, -0.15) is 0 Å². The number of hydrogen-bond donors (Lipinski definition) is 1. The van der Waals surface area contributed by atoms with Crippen molar-refractivity contribution in [3.8, 4) is 5.75 Å². The number of amides is 1. The van der Waals surface area contributed by atoms with Crippen LogP contribution in [0.2, 0.25) is 10.0 Å². The second-order valence-corrected chi connectivity index (χ2v) is 7.93. The summed E-state index contributed by atoms with van der Waals surface area (Å²) in [5.74, 6) is 1.12. The predicted molar refractivity (Wildman–Crippen MR) is 110 cm³/mol. The molecule has 1 aliphatic rings. The summed E-state index contributed by atoms with van der Waals surface area (Å²) in [4.78, 5) is 13.9. The second kappa shape index (κ2) is 8.51. The Morgan fingerprint density at radius 1 is 1.19 bits per heavy atom. The van der Waals surface area contributed by atoms with Crippen LogP contribution in [0.25, 0.3) is 0 Å². The van der Waals surface area contributed by atoms with Crippen molar-refractivity contribution in [2.24, 2.45) is 5.92 Å². The maximum atomic E-state index is 11.6. The number of nitrogens with zero attached hydrogens (tertiary/aromatic N) is 1. The van der Waals surface area contributed by atoms with Gasteiger partial charge < -0.3 is 10.1 Å². The van der Waals surface area contributed by atoms with Crippen molar-refractivity contribution >= 4 is 29.1 Å². The molecule has 1 aliphatic heterocycles. The zero-order valence-electron chi connectivity index (χ0n) is 15.8. The number of rotatable bonds is 6. The number of ether oxygens (including phenoxy) is 1. The number of aryl methyl sites for hydroxylation is 2. The molecule has 0 bridgehead atoms. The largest absolute Gasteiger partial charge is 0.488 e. The van der Waals surface area contributed by atoms with Gasteiger partial charge in [0.25, 0.3) is 0 Å². The lowest BCUT2D eigenvalue weighted by molar-refractivity contribution is -0.129. The van der Waals surface area contributed by atoms with E-state index in [0.29, 0.717) is 16.7 Å². The van der Waals surface area contributed by atoms with Crippen LogP contribution in [0.4, 0.5) is 0 Å². The Bertz CT molecular complexity index is 825. The van der Waals surface area contributed by atoms with Crippen LogP contribution in [-0.2, 0) is 17.9 Å². The summed E-state index contributed by atoms with van der Waals surface area (Å²) >= 11 is 12.3. The van der Waals surface area contributed by atoms with E-state index in [1.54, 1.807) is 19.2 Å². The van der Waals surface area contributed by atoms with Crippen LogP contribution in [0.3, 0.4) is 0 Å². The van der Waals surface area contributed by atoms with Gasteiger partial charge in [0, 0.05) is 42.3 Å². The molecule has 3 rings (SSSR count). The van der Waals surface area contributed by atoms with Crippen molar-refractivity contribution in [2.75, 3.05) is 20.1 Å². The summed E-state index contributed by atoms with van der Waals surface area (Å²) in [6.07, 6.45) is 0. The van der Waals surface area contributed by atoms with E-state index in [1.807, 2.05) is 6.07 Å². The van der Waals surface area contributed by atoms with E-state index >= 15 is 0 Å². The van der Waals surface area contributed by atoms with Crippen molar-refractivity contribution in [1.82, 2.24) is 10.2 Å². The van der Waals surface area contributed by atoms with E-state index in [9.17, 15) is 4.79 Å². The maximum absolute atomic E-state index is 11.6. The zero-order chi connectivity index (χ0) is 19.6. The summed E-state index contributed by atoms with van der Waals surface area (Å²) in [5, 5.41) is 4.00. The van der Waals surface area contributed by atoms with Crippen molar-refractivity contribution in [2.45, 2.75) is 27.0 Å². The molecule has 0 saturated carbocycles. The fraction of sp³-hybridized carbons (Fsp3) is 0.381. The summed E-state index contributed by atoms with van der Waals surface area (Å²) in [6, 6.07) is 9.67. The number of nitrogens with one attached hydrogen (secondary N) is 1. The van der Waals surface area contributed by atoms with Gasteiger partial charge in [-0.1, -0.05) is 35.3 Å². The Labute approximate surface area is 170 Å². The Hall–Kier alpha value is -1.75. The third-order valence-electron chi connectivity index (χ3n) is 4.88. The van der Waals surface area contributed by atoms with Crippen LogP contribution in [0.5, 0.6) is 5.75 Å². The highest BCUT2D eigenvalue weighted by Gasteiger charge is 2.31. The monoisotopic (exact) mass is 406 g/mol. The minimum absolute atomic E-state index is 0.113. The molecule has 0 spiro atoms. The quantitative estimate of drug-likeness (QED) is 0.774. The third kappa shape index (κ3) is 4.75. The van der Waals surface area contributed by atoms with Gasteiger partial charge in [0.15, 0.2) is 0 Å². The van der Waals surface area contributed by atoms with Crippen LogP contribution < -0.4 is 10.1 Å². The van der Waals surface area contributed by atoms with E-state index in [2.05, 4.69) is 36.2 Å². The van der Waals surface area contributed by atoms with Gasteiger partial charge in [-0.25, -0.2) is 0 Å². The molecule has 1 amide bonds. The molecule has 1 fully saturated rings. The predicted octanol–water partition coefficient (Wildman–Crippen LogP) is 4.37. The molecule has 1 saturated heterocycles. The van der Waals surface area contributed by atoms with E-state index in [0.717, 1.165) is 42.1 Å². The molecule has 4 nitrogen and oxygen atoms in total. The standard InChI is InChI=1S/C21H24Cl2N2O2/c1-13-6-15(9-25-10-17(11-25)21(26)24-3)7-14(2)20(13)27-12-16-8-18(22)4-5-19(16)23/h4-8,17H,9-12H2,1-3H3,(H,24,26). The number of carbonyl (C=O) groups is 1. The maximum Gasteiger partial charge on any atom is 0.225 e. The minimum atomic E-state index is 0.113. The van der Waals surface area contributed by atoms with E-state index in [4.69, 9.17) is 27.9 Å².